The average molecular weight is 190 g/mol. The van der Waals surface area contributed by atoms with Crippen LogP contribution in [0.1, 0.15) is 24.0 Å². The summed E-state index contributed by atoms with van der Waals surface area (Å²) in [6, 6.07) is 6.84. The summed E-state index contributed by atoms with van der Waals surface area (Å²) in [4.78, 5) is 10.1. The number of rotatable bonds is 2. The maximum Gasteiger partial charge on any atom is 0.272 e. The molecule has 1 rings (SSSR count). The van der Waals surface area contributed by atoms with Gasteiger partial charge in [0.25, 0.3) is 5.69 Å². The normalized spacial score (nSPS) is 11.8. The first kappa shape index (κ1) is 10.2. The summed E-state index contributed by atoms with van der Waals surface area (Å²) in [7, 11) is 0. The van der Waals surface area contributed by atoms with E-state index in [0.717, 1.165) is 5.56 Å². The maximum atomic E-state index is 10.5. The second-order valence-electron chi connectivity index (χ2n) is 3.15. The first-order valence-corrected chi connectivity index (χ1v) is 4.21. The minimum absolute atomic E-state index is 0.0962. The fourth-order valence-electron chi connectivity index (χ4n) is 1.23. The van der Waals surface area contributed by atoms with Gasteiger partial charge in [-0.2, -0.15) is 5.26 Å². The van der Waals surface area contributed by atoms with Crippen molar-refractivity contribution in [2.24, 2.45) is 0 Å². The molecule has 1 aromatic rings. The summed E-state index contributed by atoms with van der Waals surface area (Å²) in [5.41, 5.74) is 1.50. The maximum absolute atomic E-state index is 10.5. The number of nitrogens with zero attached hydrogens (tertiary/aromatic N) is 2. The Morgan fingerprint density at radius 2 is 2.21 bits per heavy atom. The van der Waals surface area contributed by atoms with Gasteiger partial charge in [0.05, 0.1) is 16.9 Å². The molecule has 0 heterocycles. The van der Waals surface area contributed by atoms with Crippen LogP contribution in [0.25, 0.3) is 0 Å². The van der Waals surface area contributed by atoms with E-state index < -0.39 is 4.92 Å². The van der Waals surface area contributed by atoms with E-state index in [1.807, 2.05) is 0 Å². The molecule has 0 spiro atoms. The fraction of sp³-hybridized carbons (Fsp3) is 0.300. The van der Waals surface area contributed by atoms with Crippen LogP contribution < -0.4 is 0 Å². The van der Waals surface area contributed by atoms with Gasteiger partial charge in [-0.1, -0.05) is 6.07 Å². The summed E-state index contributed by atoms with van der Waals surface area (Å²) in [6.45, 7) is 3.44. The van der Waals surface area contributed by atoms with Gasteiger partial charge in [0.2, 0.25) is 0 Å². The van der Waals surface area contributed by atoms with Crippen LogP contribution in [0.3, 0.4) is 0 Å². The van der Waals surface area contributed by atoms with Gasteiger partial charge < -0.3 is 0 Å². The van der Waals surface area contributed by atoms with Crippen molar-refractivity contribution in [1.82, 2.24) is 0 Å². The molecular weight excluding hydrogens is 180 g/mol. The molecule has 1 aromatic carbocycles. The second kappa shape index (κ2) is 3.88. The first-order valence-electron chi connectivity index (χ1n) is 4.21. The minimum Gasteiger partial charge on any atom is -0.258 e. The molecule has 72 valence electrons. The molecular formula is C10H10N2O2. The van der Waals surface area contributed by atoms with Crippen molar-refractivity contribution >= 4 is 5.69 Å². The van der Waals surface area contributed by atoms with E-state index in [0.29, 0.717) is 5.56 Å². The smallest absolute Gasteiger partial charge is 0.258 e. The van der Waals surface area contributed by atoms with Crippen LogP contribution in [0.15, 0.2) is 18.2 Å². The monoisotopic (exact) mass is 190 g/mol. The van der Waals surface area contributed by atoms with Crippen LogP contribution >= 0.6 is 0 Å². The third-order valence-corrected chi connectivity index (χ3v) is 2.11. The van der Waals surface area contributed by atoms with Crippen molar-refractivity contribution in [2.75, 3.05) is 0 Å². The van der Waals surface area contributed by atoms with E-state index >= 15 is 0 Å². The number of benzene rings is 1. The van der Waals surface area contributed by atoms with E-state index in [-0.39, 0.29) is 11.6 Å². The Hall–Kier alpha value is -1.89. The molecule has 14 heavy (non-hydrogen) atoms. The highest BCUT2D eigenvalue weighted by Crippen LogP contribution is 2.22. The van der Waals surface area contributed by atoms with Gasteiger partial charge in [-0.05, 0) is 25.5 Å². The summed E-state index contributed by atoms with van der Waals surface area (Å²) >= 11 is 0. The lowest BCUT2D eigenvalue weighted by Gasteiger charge is -2.03. The molecule has 1 unspecified atom stereocenters. The Bertz CT molecular complexity index is 407. The largest absolute Gasteiger partial charge is 0.272 e. The van der Waals surface area contributed by atoms with Crippen molar-refractivity contribution in [3.8, 4) is 6.07 Å². The Morgan fingerprint density at radius 3 is 2.64 bits per heavy atom. The quantitative estimate of drug-likeness (QED) is 0.531. The molecule has 0 aliphatic heterocycles. The number of nitro groups is 1. The number of hydrogen-bond acceptors (Lipinski definition) is 3. The van der Waals surface area contributed by atoms with E-state index in [1.54, 1.807) is 26.0 Å². The van der Waals surface area contributed by atoms with Crippen molar-refractivity contribution in [3.05, 3.63) is 39.4 Å². The molecule has 0 saturated carbocycles. The number of hydrogen-bond donors (Lipinski definition) is 0. The molecule has 0 fully saturated rings. The van der Waals surface area contributed by atoms with Crippen LogP contribution in [0.5, 0.6) is 0 Å². The second-order valence-corrected chi connectivity index (χ2v) is 3.15. The van der Waals surface area contributed by atoms with Crippen molar-refractivity contribution in [3.63, 3.8) is 0 Å². The highest BCUT2D eigenvalue weighted by Gasteiger charge is 2.12. The van der Waals surface area contributed by atoms with Gasteiger partial charge in [-0.3, -0.25) is 10.1 Å². The number of nitriles is 1. The molecule has 1 atom stereocenters. The summed E-state index contributed by atoms with van der Waals surface area (Å²) < 4.78 is 0. The molecule has 0 aliphatic rings. The fourth-order valence-corrected chi connectivity index (χ4v) is 1.23. The van der Waals surface area contributed by atoms with E-state index in [4.69, 9.17) is 5.26 Å². The van der Waals surface area contributed by atoms with Gasteiger partial charge in [0.1, 0.15) is 0 Å². The van der Waals surface area contributed by atoms with E-state index in [9.17, 15) is 10.1 Å². The lowest BCUT2D eigenvalue weighted by Crippen LogP contribution is -1.95. The van der Waals surface area contributed by atoms with E-state index in [2.05, 4.69) is 6.07 Å². The van der Waals surface area contributed by atoms with Crippen molar-refractivity contribution < 1.29 is 4.92 Å². The molecule has 0 saturated heterocycles. The molecule has 0 amide bonds. The zero-order chi connectivity index (χ0) is 10.7. The highest BCUT2D eigenvalue weighted by molar-refractivity contribution is 5.43. The Morgan fingerprint density at radius 1 is 1.57 bits per heavy atom. The molecule has 0 aliphatic carbocycles. The molecule has 4 nitrogen and oxygen atoms in total. The van der Waals surface area contributed by atoms with Crippen LogP contribution in [0.2, 0.25) is 0 Å². The van der Waals surface area contributed by atoms with Crippen LogP contribution in [-0.2, 0) is 0 Å². The molecule has 0 radical (unpaired) electrons. The summed E-state index contributed by atoms with van der Waals surface area (Å²) in [6.07, 6.45) is 0. The van der Waals surface area contributed by atoms with Crippen LogP contribution in [0, 0.1) is 28.4 Å². The number of aryl methyl sites for hydroxylation is 1. The lowest BCUT2D eigenvalue weighted by atomic mass is 10.00. The Balaban J connectivity index is 3.14. The van der Waals surface area contributed by atoms with Crippen LogP contribution in [-0.4, -0.2) is 4.92 Å². The predicted octanol–water partition coefficient (Wildman–Crippen LogP) is 2.53. The minimum atomic E-state index is -0.420. The Kier molecular flexibility index (Phi) is 2.82. The third-order valence-electron chi connectivity index (χ3n) is 2.11. The zero-order valence-corrected chi connectivity index (χ0v) is 8.02. The average Bonchev–Trinajstić information content (AvgIpc) is 2.15. The van der Waals surface area contributed by atoms with Crippen molar-refractivity contribution in [1.29, 1.82) is 5.26 Å². The predicted molar refractivity (Wildman–Crippen MR) is 51.9 cm³/mol. The zero-order valence-electron chi connectivity index (χ0n) is 8.02. The van der Waals surface area contributed by atoms with Gasteiger partial charge in [0, 0.05) is 11.6 Å². The van der Waals surface area contributed by atoms with E-state index in [1.165, 1.54) is 6.07 Å². The molecule has 0 bridgehead atoms. The standard InChI is InChI=1S/C10H10N2O2/c1-7-5-9(8(2)6-11)3-4-10(7)12(13)14/h3-5,8H,1-2H3. The van der Waals surface area contributed by atoms with Gasteiger partial charge in [0.15, 0.2) is 0 Å². The first-order chi connectivity index (χ1) is 6.56. The van der Waals surface area contributed by atoms with Crippen molar-refractivity contribution in [2.45, 2.75) is 19.8 Å². The van der Waals surface area contributed by atoms with Crippen LogP contribution in [0.4, 0.5) is 5.69 Å². The highest BCUT2D eigenvalue weighted by atomic mass is 16.6. The SMILES string of the molecule is Cc1cc(C(C)C#N)ccc1[N+](=O)[O-]. The molecule has 0 N–H and O–H groups in total. The summed E-state index contributed by atoms with van der Waals surface area (Å²) in [5.74, 6) is -0.227. The third kappa shape index (κ3) is 1.88. The summed E-state index contributed by atoms with van der Waals surface area (Å²) in [5, 5.41) is 19.2. The molecule has 4 heteroatoms. The number of nitro benzene ring substituents is 1. The van der Waals surface area contributed by atoms with Gasteiger partial charge >= 0.3 is 0 Å². The lowest BCUT2D eigenvalue weighted by molar-refractivity contribution is -0.385. The topological polar surface area (TPSA) is 66.9 Å². The molecule has 0 aromatic heterocycles. The Labute approximate surface area is 81.9 Å². The van der Waals surface area contributed by atoms with Gasteiger partial charge in [-0.15, -0.1) is 0 Å². The van der Waals surface area contributed by atoms with Gasteiger partial charge in [-0.25, -0.2) is 0 Å².